The third-order valence-electron chi connectivity index (χ3n) is 2.75. The van der Waals surface area contributed by atoms with Gasteiger partial charge in [-0.3, -0.25) is 13.7 Å². The molecule has 0 bridgehead atoms. The molecule has 11 heteroatoms. The summed E-state index contributed by atoms with van der Waals surface area (Å²) in [5.74, 6) is 0.665. The molecule has 0 atom stereocenters. The molecule has 0 amide bonds. The molecule has 2 aromatic rings. The van der Waals surface area contributed by atoms with Crippen LogP contribution in [0.5, 0.6) is 0 Å². The second-order valence-electron chi connectivity index (χ2n) is 4.90. The Kier molecular flexibility index (Phi) is 6.65. The number of hydrogen-bond acceptors (Lipinski definition) is 5. The number of unbranched alkanes of at least 4 members (excludes halogenated alkanes) is 1. The van der Waals surface area contributed by atoms with Gasteiger partial charge in [0.25, 0.3) is 10.1 Å². The number of hydrogen-bond donors (Lipinski definition) is 4. The summed E-state index contributed by atoms with van der Waals surface area (Å²) in [6.45, 7) is 2.02. The number of H-pyrrole nitrogens is 1. The Bertz CT molecular complexity index is 849. The third kappa shape index (κ3) is 9.25. The fraction of sp³-hybridized carbons (Fsp3) is 0.417. The third-order valence-corrected chi connectivity index (χ3v) is 3.56. The van der Waals surface area contributed by atoms with Crippen LogP contribution in [0.1, 0.15) is 24.2 Å². The van der Waals surface area contributed by atoms with Crippen molar-refractivity contribution in [1.29, 1.82) is 0 Å². The summed E-state index contributed by atoms with van der Waals surface area (Å²) in [5.41, 5.74) is 3.09. The number of nitrogens with zero attached hydrogens (tertiary/aromatic N) is 1. The second kappa shape index (κ2) is 7.84. The van der Waals surface area contributed by atoms with Gasteiger partial charge in [0.05, 0.1) is 16.8 Å². The summed E-state index contributed by atoms with van der Waals surface area (Å²) in [7, 11) is -8.51. The van der Waals surface area contributed by atoms with E-state index in [0.29, 0.717) is 19.3 Å². The predicted molar refractivity (Wildman–Crippen MR) is 84.4 cm³/mol. The number of rotatable bonds is 5. The highest BCUT2D eigenvalue weighted by atomic mass is 32.3. The first-order valence-corrected chi connectivity index (χ1v) is 9.55. The second-order valence-corrected chi connectivity index (χ2v) is 7.36. The van der Waals surface area contributed by atoms with Gasteiger partial charge in [-0.1, -0.05) is 6.07 Å². The van der Waals surface area contributed by atoms with Crippen molar-refractivity contribution in [2.45, 2.75) is 26.2 Å². The van der Waals surface area contributed by atoms with E-state index in [2.05, 4.69) is 9.97 Å². The maximum absolute atomic E-state index is 10.6. The first kappa shape index (κ1) is 19.5. The number of nitrogens with one attached hydrogen (secondary N) is 1. The number of fused-ring (bicyclic) bond motifs is 1. The average molecular weight is 366 g/mol. The highest BCUT2D eigenvalue weighted by Crippen LogP contribution is 2.14. The Morgan fingerprint density at radius 3 is 2.26 bits per heavy atom. The van der Waals surface area contributed by atoms with Crippen molar-refractivity contribution in [3.05, 3.63) is 29.6 Å². The van der Waals surface area contributed by atoms with Crippen molar-refractivity contribution >= 4 is 31.6 Å². The van der Waals surface area contributed by atoms with Crippen LogP contribution in [0.3, 0.4) is 0 Å². The van der Waals surface area contributed by atoms with E-state index in [9.17, 15) is 8.42 Å². The molecular formula is C12H18N2O7S2. The van der Waals surface area contributed by atoms with Gasteiger partial charge in [0, 0.05) is 6.42 Å². The van der Waals surface area contributed by atoms with Gasteiger partial charge in [-0.2, -0.15) is 16.8 Å². The van der Waals surface area contributed by atoms with Crippen LogP contribution in [-0.4, -0.2) is 46.2 Å². The minimum absolute atomic E-state index is 0.188. The molecule has 0 saturated heterocycles. The van der Waals surface area contributed by atoms with E-state index in [0.717, 1.165) is 16.9 Å². The molecule has 4 N–H and O–H groups in total. The topological polar surface area (TPSA) is 158 Å². The van der Waals surface area contributed by atoms with Gasteiger partial charge in [-0.25, -0.2) is 4.98 Å². The molecule has 130 valence electrons. The molecule has 1 heterocycles. The van der Waals surface area contributed by atoms with E-state index in [1.54, 1.807) is 0 Å². The molecule has 0 fully saturated rings. The Morgan fingerprint density at radius 1 is 1.09 bits per heavy atom. The zero-order valence-electron chi connectivity index (χ0n) is 12.3. The maximum Gasteiger partial charge on any atom is 0.394 e. The van der Waals surface area contributed by atoms with Crippen LogP contribution in [0, 0.1) is 6.92 Å². The normalized spacial score (nSPS) is 12.0. The lowest BCUT2D eigenvalue weighted by molar-refractivity contribution is 0.381. The molecular weight excluding hydrogens is 348 g/mol. The molecule has 0 aliphatic carbocycles. The first-order chi connectivity index (χ1) is 10.4. The van der Waals surface area contributed by atoms with E-state index in [1.165, 1.54) is 5.56 Å². The van der Waals surface area contributed by atoms with Crippen molar-refractivity contribution in [1.82, 2.24) is 9.97 Å². The molecule has 1 aromatic carbocycles. The zero-order valence-corrected chi connectivity index (χ0v) is 13.9. The van der Waals surface area contributed by atoms with Gasteiger partial charge in [0.15, 0.2) is 0 Å². The van der Waals surface area contributed by atoms with Crippen molar-refractivity contribution < 1.29 is 30.5 Å². The Morgan fingerprint density at radius 2 is 1.70 bits per heavy atom. The number of aromatic amines is 1. The molecule has 0 aliphatic heterocycles. The monoisotopic (exact) mass is 366 g/mol. The van der Waals surface area contributed by atoms with Gasteiger partial charge in [0.1, 0.15) is 5.82 Å². The Labute approximate surface area is 134 Å². The van der Waals surface area contributed by atoms with Gasteiger partial charge in [0.2, 0.25) is 0 Å². The van der Waals surface area contributed by atoms with Crippen LogP contribution >= 0.6 is 0 Å². The van der Waals surface area contributed by atoms with E-state index in [4.69, 9.17) is 22.1 Å². The summed E-state index contributed by atoms with van der Waals surface area (Å²) >= 11 is 0. The highest BCUT2D eigenvalue weighted by Gasteiger charge is 2.06. The molecule has 0 unspecified atom stereocenters. The maximum atomic E-state index is 10.6. The Balaban J connectivity index is 0.000000463. The zero-order chi connectivity index (χ0) is 17.7. The summed E-state index contributed by atoms with van der Waals surface area (Å²) < 4.78 is 61.3. The minimum Gasteiger partial charge on any atom is -0.342 e. The fourth-order valence-electron chi connectivity index (χ4n) is 1.87. The number of aromatic nitrogens is 2. The number of imidazole rings is 1. The van der Waals surface area contributed by atoms with Crippen molar-refractivity contribution in [2.24, 2.45) is 0 Å². The highest BCUT2D eigenvalue weighted by molar-refractivity contribution is 7.85. The van der Waals surface area contributed by atoms with Crippen LogP contribution in [0.25, 0.3) is 11.0 Å². The standard InChI is InChI=1S/C12H16N2O3S.H2O4S/c1-9-5-6-10-11(8-9)14-12(13-10)4-2-3-7-18(15,16)17;1-5(2,3)4/h5-6,8H,2-4,7H2,1H3,(H,13,14)(H,15,16,17);(H2,1,2,3,4). The quantitative estimate of drug-likeness (QED) is 0.457. The van der Waals surface area contributed by atoms with E-state index in [1.807, 2.05) is 25.1 Å². The van der Waals surface area contributed by atoms with Gasteiger partial charge in [-0.15, -0.1) is 0 Å². The van der Waals surface area contributed by atoms with Crippen molar-refractivity contribution in [3.63, 3.8) is 0 Å². The van der Waals surface area contributed by atoms with Crippen molar-refractivity contribution in [3.8, 4) is 0 Å². The molecule has 23 heavy (non-hydrogen) atoms. The minimum atomic E-state index is -4.67. The fourth-order valence-corrected chi connectivity index (χ4v) is 2.44. The van der Waals surface area contributed by atoms with Crippen LogP contribution in [0.2, 0.25) is 0 Å². The summed E-state index contributed by atoms with van der Waals surface area (Å²) in [4.78, 5) is 7.63. The molecule has 0 saturated carbocycles. The van der Waals surface area contributed by atoms with Crippen LogP contribution < -0.4 is 0 Å². The largest absolute Gasteiger partial charge is 0.394 e. The molecule has 1 aromatic heterocycles. The van der Waals surface area contributed by atoms with Gasteiger partial charge in [-0.05, 0) is 37.5 Å². The SMILES string of the molecule is Cc1ccc2nc(CCCCS(=O)(=O)O)[nH]c2c1.O=S(=O)(O)O. The van der Waals surface area contributed by atoms with Crippen LogP contribution in [-0.2, 0) is 26.9 Å². The lowest BCUT2D eigenvalue weighted by Crippen LogP contribution is -2.04. The number of aryl methyl sites for hydroxylation is 2. The molecule has 2 rings (SSSR count). The number of benzene rings is 1. The van der Waals surface area contributed by atoms with E-state index < -0.39 is 20.5 Å². The summed E-state index contributed by atoms with van der Waals surface area (Å²) in [6, 6.07) is 6.00. The first-order valence-electron chi connectivity index (χ1n) is 6.54. The lowest BCUT2D eigenvalue weighted by Gasteiger charge is -1.96. The van der Waals surface area contributed by atoms with Gasteiger partial charge < -0.3 is 4.98 Å². The molecule has 0 aliphatic rings. The van der Waals surface area contributed by atoms with Crippen LogP contribution in [0.4, 0.5) is 0 Å². The lowest BCUT2D eigenvalue weighted by atomic mass is 10.2. The van der Waals surface area contributed by atoms with Gasteiger partial charge >= 0.3 is 10.4 Å². The predicted octanol–water partition coefficient (Wildman–Crippen LogP) is 1.43. The van der Waals surface area contributed by atoms with E-state index in [-0.39, 0.29) is 5.75 Å². The Hall–Kier alpha value is -1.53. The van der Waals surface area contributed by atoms with Crippen LogP contribution in [0.15, 0.2) is 18.2 Å². The van der Waals surface area contributed by atoms with Crippen molar-refractivity contribution in [2.75, 3.05) is 5.75 Å². The summed E-state index contributed by atoms with van der Waals surface area (Å²) in [5, 5.41) is 0. The summed E-state index contributed by atoms with van der Waals surface area (Å²) in [6.07, 6.45) is 1.80. The average Bonchev–Trinajstić information content (AvgIpc) is 2.73. The van der Waals surface area contributed by atoms with E-state index >= 15 is 0 Å². The molecule has 0 radical (unpaired) electrons. The molecule has 0 spiro atoms. The smallest absolute Gasteiger partial charge is 0.342 e. The molecule has 9 nitrogen and oxygen atoms in total.